The van der Waals surface area contributed by atoms with E-state index < -0.39 is 11.9 Å². The van der Waals surface area contributed by atoms with Crippen LogP contribution < -0.4 is 11.5 Å². The summed E-state index contributed by atoms with van der Waals surface area (Å²) in [6, 6.07) is 9.23. The predicted molar refractivity (Wildman–Crippen MR) is 89.5 cm³/mol. The molecule has 2 amide bonds. The lowest BCUT2D eigenvalue weighted by Crippen LogP contribution is -2.47. The van der Waals surface area contributed by atoms with Gasteiger partial charge in [-0.15, -0.1) is 0 Å². The number of benzene rings is 1. The number of primary amides is 1. The molecule has 7 heteroatoms. The number of imidazole rings is 1. The molecular weight excluding hydrogens is 306 g/mol. The van der Waals surface area contributed by atoms with Crippen molar-refractivity contribution in [2.75, 3.05) is 6.54 Å². The summed E-state index contributed by atoms with van der Waals surface area (Å²) in [5.41, 5.74) is 12.9. The third-order valence-electron chi connectivity index (χ3n) is 4.20. The van der Waals surface area contributed by atoms with Crippen LogP contribution in [0.25, 0.3) is 11.3 Å². The number of fused-ring (bicyclic) bond motifs is 1. The van der Waals surface area contributed by atoms with Gasteiger partial charge < -0.3 is 20.9 Å². The van der Waals surface area contributed by atoms with Gasteiger partial charge >= 0.3 is 0 Å². The zero-order valence-corrected chi connectivity index (χ0v) is 13.4. The minimum absolute atomic E-state index is 0.119. The summed E-state index contributed by atoms with van der Waals surface area (Å²) in [5, 5.41) is 0. The molecule has 1 atom stereocenters. The molecule has 1 aliphatic heterocycles. The quantitative estimate of drug-likeness (QED) is 0.833. The summed E-state index contributed by atoms with van der Waals surface area (Å²) < 4.78 is 2.07. The first kappa shape index (κ1) is 16.2. The van der Waals surface area contributed by atoms with Crippen LogP contribution in [0.2, 0.25) is 0 Å². The van der Waals surface area contributed by atoms with E-state index in [0.717, 1.165) is 17.1 Å². The summed E-state index contributed by atoms with van der Waals surface area (Å²) in [7, 11) is 0. The SMILES string of the molecule is NC(=O)CC[C@H](N)C(=O)N1CCn2cc(-c3ccccc3)nc2C1. The molecule has 0 fully saturated rings. The molecule has 0 saturated carbocycles. The van der Waals surface area contributed by atoms with E-state index in [1.54, 1.807) is 4.90 Å². The molecule has 2 heterocycles. The van der Waals surface area contributed by atoms with Crippen LogP contribution in [0.15, 0.2) is 36.5 Å². The van der Waals surface area contributed by atoms with E-state index in [-0.39, 0.29) is 18.7 Å². The van der Waals surface area contributed by atoms with Crippen LogP contribution in [0.5, 0.6) is 0 Å². The minimum atomic E-state index is -0.701. The summed E-state index contributed by atoms with van der Waals surface area (Å²) in [6.45, 7) is 1.69. The Hall–Kier alpha value is -2.67. The highest BCUT2D eigenvalue weighted by Crippen LogP contribution is 2.21. The highest BCUT2D eigenvalue weighted by molar-refractivity contribution is 5.82. The second-order valence-corrected chi connectivity index (χ2v) is 5.97. The molecule has 0 aliphatic carbocycles. The van der Waals surface area contributed by atoms with Gasteiger partial charge in [0.25, 0.3) is 0 Å². The van der Waals surface area contributed by atoms with Crippen LogP contribution in [0.3, 0.4) is 0 Å². The van der Waals surface area contributed by atoms with Gasteiger partial charge in [0.1, 0.15) is 5.82 Å². The van der Waals surface area contributed by atoms with Crippen molar-refractivity contribution >= 4 is 11.8 Å². The molecule has 0 spiro atoms. The van der Waals surface area contributed by atoms with Crippen LogP contribution in [-0.2, 0) is 22.7 Å². The predicted octanol–water partition coefficient (Wildman–Crippen LogP) is 0.485. The lowest BCUT2D eigenvalue weighted by atomic mass is 10.1. The molecule has 2 aromatic rings. The Labute approximate surface area is 140 Å². The molecule has 0 unspecified atom stereocenters. The van der Waals surface area contributed by atoms with Gasteiger partial charge in [0.2, 0.25) is 11.8 Å². The summed E-state index contributed by atoms with van der Waals surface area (Å²) in [6.07, 6.45) is 2.40. The van der Waals surface area contributed by atoms with E-state index in [4.69, 9.17) is 11.5 Å². The molecule has 0 saturated heterocycles. The molecule has 4 N–H and O–H groups in total. The van der Waals surface area contributed by atoms with Crippen LogP contribution in [0.4, 0.5) is 0 Å². The molecule has 126 valence electrons. The highest BCUT2D eigenvalue weighted by atomic mass is 16.2. The lowest BCUT2D eigenvalue weighted by molar-refractivity contribution is -0.134. The molecule has 1 aliphatic rings. The molecule has 0 radical (unpaired) electrons. The van der Waals surface area contributed by atoms with Gasteiger partial charge in [-0.2, -0.15) is 0 Å². The molecule has 3 rings (SSSR count). The fourth-order valence-corrected chi connectivity index (χ4v) is 2.84. The van der Waals surface area contributed by atoms with E-state index in [2.05, 4.69) is 9.55 Å². The van der Waals surface area contributed by atoms with E-state index in [9.17, 15) is 9.59 Å². The van der Waals surface area contributed by atoms with Gasteiger partial charge in [0.15, 0.2) is 0 Å². The Bertz CT molecular complexity index is 741. The van der Waals surface area contributed by atoms with Crippen molar-refractivity contribution in [1.82, 2.24) is 14.5 Å². The van der Waals surface area contributed by atoms with E-state index in [0.29, 0.717) is 19.6 Å². The molecule has 7 nitrogen and oxygen atoms in total. The molecule has 24 heavy (non-hydrogen) atoms. The number of amides is 2. The molecular formula is C17H21N5O2. The smallest absolute Gasteiger partial charge is 0.239 e. The second kappa shape index (κ2) is 6.84. The number of nitrogens with zero attached hydrogens (tertiary/aromatic N) is 3. The maximum atomic E-state index is 12.4. The molecule has 1 aromatic heterocycles. The maximum Gasteiger partial charge on any atom is 0.239 e. The largest absolute Gasteiger partial charge is 0.370 e. The van der Waals surface area contributed by atoms with Crippen LogP contribution >= 0.6 is 0 Å². The first-order chi connectivity index (χ1) is 11.5. The number of hydrogen-bond donors (Lipinski definition) is 2. The molecule has 0 bridgehead atoms. The fourth-order valence-electron chi connectivity index (χ4n) is 2.84. The van der Waals surface area contributed by atoms with E-state index >= 15 is 0 Å². The second-order valence-electron chi connectivity index (χ2n) is 5.97. The van der Waals surface area contributed by atoms with Crippen LogP contribution in [0.1, 0.15) is 18.7 Å². The number of nitrogens with two attached hydrogens (primary N) is 2. The van der Waals surface area contributed by atoms with Crippen molar-refractivity contribution in [3.8, 4) is 11.3 Å². The average Bonchev–Trinajstić information content (AvgIpc) is 3.03. The Morgan fingerprint density at radius 3 is 2.67 bits per heavy atom. The first-order valence-corrected chi connectivity index (χ1v) is 7.98. The topological polar surface area (TPSA) is 107 Å². The van der Waals surface area contributed by atoms with Crippen molar-refractivity contribution in [1.29, 1.82) is 0 Å². The van der Waals surface area contributed by atoms with E-state index in [1.807, 2.05) is 36.5 Å². The monoisotopic (exact) mass is 327 g/mol. The average molecular weight is 327 g/mol. The lowest BCUT2D eigenvalue weighted by Gasteiger charge is -2.29. The summed E-state index contributed by atoms with van der Waals surface area (Å²) in [4.78, 5) is 29.6. The molecule has 1 aromatic carbocycles. The van der Waals surface area contributed by atoms with Gasteiger partial charge in [-0.05, 0) is 6.42 Å². The van der Waals surface area contributed by atoms with Crippen molar-refractivity contribution in [3.05, 3.63) is 42.4 Å². The number of rotatable bonds is 5. The van der Waals surface area contributed by atoms with Gasteiger partial charge in [0, 0.05) is 31.3 Å². The van der Waals surface area contributed by atoms with Crippen molar-refractivity contribution in [2.45, 2.75) is 32.0 Å². The fraction of sp³-hybridized carbons (Fsp3) is 0.353. The Morgan fingerprint density at radius 2 is 1.96 bits per heavy atom. The van der Waals surface area contributed by atoms with Crippen LogP contribution in [0, 0.1) is 0 Å². The van der Waals surface area contributed by atoms with Gasteiger partial charge in [0.05, 0.1) is 18.3 Å². The Morgan fingerprint density at radius 1 is 1.21 bits per heavy atom. The van der Waals surface area contributed by atoms with Crippen molar-refractivity contribution in [2.24, 2.45) is 11.5 Å². The zero-order chi connectivity index (χ0) is 17.1. The maximum absolute atomic E-state index is 12.4. The third-order valence-corrected chi connectivity index (χ3v) is 4.20. The third kappa shape index (κ3) is 3.46. The number of hydrogen-bond acceptors (Lipinski definition) is 4. The van der Waals surface area contributed by atoms with Gasteiger partial charge in [-0.25, -0.2) is 4.98 Å². The first-order valence-electron chi connectivity index (χ1n) is 7.98. The highest BCUT2D eigenvalue weighted by Gasteiger charge is 2.26. The summed E-state index contributed by atoms with van der Waals surface area (Å²) in [5.74, 6) is 0.238. The number of carbonyl (C=O) groups is 2. The Balaban J connectivity index is 1.69. The van der Waals surface area contributed by atoms with Crippen molar-refractivity contribution < 1.29 is 9.59 Å². The zero-order valence-electron chi connectivity index (χ0n) is 13.4. The number of aromatic nitrogens is 2. The minimum Gasteiger partial charge on any atom is -0.370 e. The van der Waals surface area contributed by atoms with Crippen LogP contribution in [-0.4, -0.2) is 38.9 Å². The van der Waals surface area contributed by atoms with Crippen molar-refractivity contribution in [3.63, 3.8) is 0 Å². The Kier molecular flexibility index (Phi) is 4.61. The normalized spacial score (nSPS) is 15.0. The number of carbonyl (C=O) groups excluding carboxylic acids is 2. The van der Waals surface area contributed by atoms with E-state index in [1.165, 1.54) is 0 Å². The van der Waals surface area contributed by atoms with Gasteiger partial charge in [-0.1, -0.05) is 30.3 Å². The standard InChI is InChI=1S/C17H21N5O2/c18-13(6-7-15(19)23)17(24)22-9-8-21-10-14(20-16(21)11-22)12-4-2-1-3-5-12/h1-5,10,13H,6-9,11,18H2,(H2,19,23)/t13-/m0/s1. The summed E-state index contributed by atoms with van der Waals surface area (Å²) >= 11 is 0. The van der Waals surface area contributed by atoms with Gasteiger partial charge in [-0.3, -0.25) is 9.59 Å².